The molecule has 1 rings (SSSR count). The SMILES string of the molecule is CN1CCN(N)CC1(C)C. The van der Waals surface area contributed by atoms with Crippen molar-refractivity contribution in [1.29, 1.82) is 0 Å². The van der Waals surface area contributed by atoms with Gasteiger partial charge >= 0.3 is 0 Å². The van der Waals surface area contributed by atoms with E-state index in [4.69, 9.17) is 5.84 Å². The van der Waals surface area contributed by atoms with Crippen molar-refractivity contribution in [3.63, 3.8) is 0 Å². The molecular formula is C7H17N3. The van der Waals surface area contributed by atoms with Crippen LogP contribution in [0.3, 0.4) is 0 Å². The molecule has 3 heteroatoms. The number of likely N-dealkylation sites (N-methyl/N-ethyl adjacent to an activating group) is 1. The first kappa shape index (κ1) is 7.98. The number of hydrogen-bond acceptors (Lipinski definition) is 3. The maximum Gasteiger partial charge on any atom is 0.0308 e. The molecule has 0 saturated carbocycles. The summed E-state index contributed by atoms with van der Waals surface area (Å²) in [5.41, 5.74) is 0.243. The predicted molar refractivity (Wildman–Crippen MR) is 42.5 cm³/mol. The van der Waals surface area contributed by atoms with Gasteiger partial charge in [-0.05, 0) is 20.9 Å². The zero-order valence-corrected chi connectivity index (χ0v) is 7.09. The molecule has 0 radical (unpaired) electrons. The van der Waals surface area contributed by atoms with Crippen molar-refractivity contribution < 1.29 is 0 Å². The fraction of sp³-hybridized carbons (Fsp3) is 1.00. The monoisotopic (exact) mass is 143 g/mol. The Bertz CT molecular complexity index is 122. The Labute approximate surface area is 62.8 Å². The molecule has 2 N–H and O–H groups in total. The van der Waals surface area contributed by atoms with Gasteiger partial charge in [0.2, 0.25) is 0 Å². The Morgan fingerprint density at radius 2 is 1.90 bits per heavy atom. The molecule has 0 aliphatic carbocycles. The van der Waals surface area contributed by atoms with Crippen LogP contribution < -0.4 is 5.84 Å². The lowest BCUT2D eigenvalue weighted by Gasteiger charge is -2.43. The maximum atomic E-state index is 5.68. The van der Waals surface area contributed by atoms with Gasteiger partial charge in [0.1, 0.15) is 0 Å². The number of nitrogens with two attached hydrogens (primary N) is 1. The highest BCUT2D eigenvalue weighted by molar-refractivity contribution is 4.85. The normalized spacial score (nSPS) is 28.8. The summed E-state index contributed by atoms with van der Waals surface area (Å²) >= 11 is 0. The molecular weight excluding hydrogens is 126 g/mol. The van der Waals surface area contributed by atoms with Crippen LogP contribution in [0, 0.1) is 0 Å². The molecule has 1 aliphatic heterocycles. The second kappa shape index (κ2) is 2.49. The van der Waals surface area contributed by atoms with Crippen LogP contribution in [0.4, 0.5) is 0 Å². The quantitative estimate of drug-likeness (QED) is 0.480. The topological polar surface area (TPSA) is 32.5 Å². The largest absolute Gasteiger partial charge is 0.299 e. The number of nitrogens with zero attached hydrogens (tertiary/aromatic N) is 2. The van der Waals surface area contributed by atoms with Crippen molar-refractivity contribution in [2.24, 2.45) is 5.84 Å². The van der Waals surface area contributed by atoms with E-state index in [2.05, 4.69) is 25.8 Å². The smallest absolute Gasteiger partial charge is 0.0308 e. The van der Waals surface area contributed by atoms with E-state index in [0.29, 0.717) is 0 Å². The van der Waals surface area contributed by atoms with Crippen molar-refractivity contribution >= 4 is 0 Å². The molecule has 1 heterocycles. The maximum absolute atomic E-state index is 5.68. The van der Waals surface area contributed by atoms with Gasteiger partial charge in [0.15, 0.2) is 0 Å². The molecule has 0 bridgehead atoms. The standard InChI is InChI=1S/C7H17N3/c1-7(2)6-10(8)5-4-9(7)3/h4-6,8H2,1-3H3. The molecule has 0 atom stereocenters. The third kappa shape index (κ3) is 1.48. The Morgan fingerprint density at radius 1 is 1.30 bits per heavy atom. The third-order valence-corrected chi connectivity index (χ3v) is 2.35. The summed E-state index contributed by atoms with van der Waals surface area (Å²) in [6.07, 6.45) is 0. The predicted octanol–water partition coefficient (Wildman–Crippen LogP) is -0.114. The lowest BCUT2D eigenvalue weighted by atomic mass is 10.0. The van der Waals surface area contributed by atoms with E-state index < -0.39 is 0 Å². The van der Waals surface area contributed by atoms with Gasteiger partial charge in [0.25, 0.3) is 0 Å². The molecule has 1 aliphatic rings. The fourth-order valence-corrected chi connectivity index (χ4v) is 1.28. The van der Waals surface area contributed by atoms with E-state index in [1.54, 1.807) is 0 Å². The molecule has 10 heavy (non-hydrogen) atoms. The minimum absolute atomic E-state index is 0.243. The molecule has 3 nitrogen and oxygen atoms in total. The molecule has 0 amide bonds. The first-order valence-electron chi connectivity index (χ1n) is 3.73. The van der Waals surface area contributed by atoms with Gasteiger partial charge in [-0.1, -0.05) is 0 Å². The molecule has 60 valence electrons. The van der Waals surface area contributed by atoms with Gasteiger partial charge in [-0.2, -0.15) is 0 Å². The van der Waals surface area contributed by atoms with Gasteiger partial charge in [-0.3, -0.25) is 10.7 Å². The summed E-state index contributed by atoms with van der Waals surface area (Å²) in [4.78, 5) is 2.34. The highest BCUT2D eigenvalue weighted by Gasteiger charge is 2.29. The van der Waals surface area contributed by atoms with Crippen molar-refractivity contribution in [1.82, 2.24) is 9.91 Å². The van der Waals surface area contributed by atoms with Crippen LogP contribution in [0.1, 0.15) is 13.8 Å². The van der Waals surface area contributed by atoms with Crippen LogP contribution >= 0.6 is 0 Å². The molecule has 0 unspecified atom stereocenters. The minimum atomic E-state index is 0.243. The van der Waals surface area contributed by atoms with Crippen LogP contribution in [-0.2, 0) is 0 Å². The summed E-state index contributed by atoms with van der Waals surface area (Å²) in [5.74, 6) is 5.68. The number of hydrogen-bond donors (Lipinski definition) is 1. The van der Waals surface area contributed by atoms with Crippen molar-refractivity contribution in [2.75, 3.05) is 26.7 Å². The van der Waals surface area contributed by atoms with Gasteiger partial charge < -0.3 is 0 Å². The Morgan fingerprint density at radius 3 is 2.30 bits per heavy atom. The molecule has 1 saturated heterocycles. The second-order valence-corrected chi connectivity index (χ2v) is 3.70. The zero-order valence-electron chi connectivity index (χ0n) is 7.09. The lowest BCUT2D eigenvalue weighted by molar-refractivity contribution is 0.0400. The third-order valence-electron chi connectivity index (χ3n) is 2.35. The Balaban J connectivity index is 2.55. The molecule has 0 aromatic rings. The number of hydrazine groups is 1. The van der Waals surface area contributed by atoms with Gasteiger partial charge in [-0.15, -0.1) is 0 Å². The van der Waals surface area contributed by atoms with Crippen molar-refractivity contribution in [2.45, 2.75) is 19.4 Å². The summed E-state index contributed by atoms with van der Waals surface area (Å²) in [5, 5.41) is 1.89. The van der Waals surface area contributed by atoms with Crippen LogP contribution in [0.5, 0.6) is 0 Å². The summed E-state index contributed by atoms with van der Waals surface area (Å²) in [6.45, 7) is 7.45. The van der Waals surface area contributed by atoms with Crippen LogP contribution in [0.2, 0.25) is 0 Å². The van der Waals surface area contributed by atoms with Crippen LogP contribution in [-0.4, -0.2) is 42.1 Å². The zero-order chi connectivity index (χ0) is 7.78. The number of piperazine rings is 1. The van der Waals surface area contributed by atoms with Crippen LogP contribution in [0.25, 0.3) is 0 Å². The lowest BCUT2D eigenvalue weighted by Crippen LogP contribution is -2.59. The average Bonchev–Trinajstić information content (AvgIpc) is 1.78. The van der Waals surface area contributed by atoms with E-state index in [0.717, 1.165) is 19.6 Å². The molecule has 0 aromatic heterocycles. The second-order valence-electron chi connectivity index (χ2n) is 3.70. The highest BCUT2D eigenvalue weighted by atomic mass is 15.4. The Hall–Kier alpha value is -0.120. The first-order valence-corrected chi connectivity index (χ1v) is 3.73. The van der Waals surface area contributed by atoms with E-state index in [1.807, 2.05) is 5.01 Å². The average molecular weight is 143 g/mol. The van der Waals surface area contributed by atoms with Gasteiger partial charge in [0.05, 0.1) is 0 Å². The van der Waals surface area contributed by atoms with Crippen molar-refractivity contribution in [3.05, 3.63) is 0 Å². The molecule has 0 spiro atoms. The van der Waals surface area contributed by atoms with E-state index in [9.17, 15) is 0 Å². The first-order chi connectivity index (χ1) is 4.52. The fourth-order valence-electron chi connectivity index (χ4n) is 1.28. The summed E-state index contributed by atoms with van der Waals surface area (Å²) in [7, 11) is 2.15. The van der Waals surface area contributed by atoms with E-state index >= 15 is 0 Å². The van der Waals surface area contributed by atoms with Gasteiger partial charge in [-0.25, -0.2) is 5.01 Å². The summed E-state index contributed by atoms with van der Waals surface area (Å²) < 4.78 is 0. The molecule has 0 aromatic carbocycles. The molecule has 1 fully saturated rings. The highest BCUT2D eigenvalue weighted by Crippen LogP contribution is 2.15. The van der Waals surface area contributed by atoms with Crippen molar-refractivity contribution in [3.8, 4) is 0 Å². The van der Waals surface area contributed by atoms with E-state index in [-0.39, 0.29) is 5.54 Å². The van der Waals surface area contributed by atoms with Gasteiger partial charge in [0, 0.05) is 25.2 Å². The number of rotatable bonds is 0. The van der Waals surface area contributed by atoms with Crippen LogP contribution in [0.15, 0.2) is 0 Å². The summed E-state index contributed by atoms with van der Waals surface area (Å²) in [6, 6.07) is 0. The minimum Gasteiger partial charge on any atom is -0.299 e. The Kier molecular flexibility index (Phi) is 1.99. The van der Waals surface area contributed by atoms with E-state index in [1.165, 1.54) is 0 Å².